The van der Waals surface area contributed by atoms with Gasteiger partial charge in [-0.05, 0) is 12.8 Å². The number of carbonyl (C=O) groups is 2. The molecular formula is C87H172O5. The van der Waals surface area contributed by atoms with E-state index < -0.39 is 6.10 Å². The SMILES string of the molecule is CCCCCCCCCCCCCCCCCCCCCCCCCCCCCCCCCCCCCCCCCC(=O)OCC(CO)OC(=O)CCCCCCCCCCCCCCCCCCCCCCCCCCCCCCCCCCCCCCCCC. The van der Waals surface area contributed by atoms with Crippen LogP contribution < -0.4 is 0 Å². The van der Waals surface area contributed by atoms with Crippen LogP contribution in [0.3, 0.4) is 0 Å². The van der Waals surface area contributed by atoms with Gasteiger partial charge in [-0.3, -0.25) is 9.59 Å². The first-order valence-corrected chi connectivity index (χ1v) is 43.6. The summed E-state index contributed by atoms with van der Waals surface area (Å²) in [5.74, 6) is -0.554. The van der Waals surface area contributed by atoms with Crippen LogP contribution in [0, 0.1) is 0 Å². The second kappa shape index (κ2) is 84.1. The fourth-order valence-electron chi connectivity index (χ4n) is 14.4. The number of ether oxygens (including phenoxy) is 2. The first kappa shape index (κ1) is 90.9. The van der Waals surface area contributed by atoms with Crippen molar-refractivity contribution < 1.29 is 24.2 Å². The summed E-state index contributed by atoms with van der Waals surface area (Å²) in [6.45, 7) is 4.24. The highest BCUT2D eigenvalue weighted by Gasteiger charge is 2.16. The summed E-state index contributed by atoms with van der Waals surface area (Å²) in [7, 11) is 0. The third kappa shape index (κ3) is 81.3. The Labute approximate surface area is 579 Å². The molecule has 0 spiro atoms. The van der Waals surface area contributed by atoms with Gasteiger partial charge in [-0.25, -0.2) is 0 Å². The molecule has 1 N–H and O–H groups in total. The van der Waals surface area contributed by atoms with Crippen LogP contribution in [0.4, 0.5) is 0 Å². The molecule has 0 saturated heterocycles. The summed E-state index contributed by atoms with van der Waals surface area (Å²) in [5, 5.41) is 9.74. The standard InChI is InChI=1S/C87H172O5/c1-3-5-7-9-11-13-15-17-19-21-23-25-27-29-31-33-35-37-39-41-43-45-47-49-51-53-55-57-59-61-63-65-67-69-71-73-75-77-79-81-86(89)91-84-85(83-88)92-87(90)82-80-78-76-74-72-70-68-66-64-62-60-58-56-54-52-50-48-46-44-42-40-38-36-34-32-30-28-26-24-22-20-18-16-14-12-10-8-6-4-2/h85,88H,3-84H2,1-2H3. The summed E-state index contributed by atoms with van der Waals surface area (Å²) in [4.78, 5) is 24.8. The summed E-state index contributed by atoms with van der Waals surface area (Å²) in [6, 6.07) is 0. The normalized spacial score (nSPS) is 12.0. The molecule has 92 heavy (non-hydrogen) atoms. The predicted octanol–water partition coefficient (Wildman–Crippen LogP) is 30.7. The number of aliphatic hydroxyl groups is 1. The topological polar surface area (TPSA) is 72.8 Å². The maximum absolute atomic E-state index is 12.4. The molecule has 0 aliphatic rings. The van der Waals surface area contributed by atoms with Gasteiger partial charge in [0.05, 0.1) is 6.61 Å². The molecule has 0 bridgehead atoms. The van der Waals surface area contributed by atoms with Crippen LogP contribution >= 0.6 is 0 Å². The van der Waals surface area contributed by atoms with Gasteiger partial charge in [0.2, 0.25) is 0 Å². The van der Waals surface area contributed by atoms with Crippen LogP contribution in [0.25, 0.3) is 0 Å². The van der Waals surface area contributed by atoms with E-state index in [-0.39, 0.29) is 25.2 Å². The molecule has 0 aliphatic heterocycles. The van der Waals surface area contributed by atoms with Gasteiger partial charge in [-0.1, -0.05) is 502 Å². The maximum atomic E-state index is 12.4. The molecule has 0 aromatic rings. The number of esters is 2. The zero-order valence-corrected chi connectivity index (χ0v) is 63.6. The predicted molar refractivity (Wildman–Crippen MR) is 409 cm³/mol. The molecule has 0 radical (unpaired) electrons. The molecule has 0 saturated carbocycles. The van der Waals surface area contributed by atoms with Crippen LogP contribution in [0.1, 0.15) is 528 Å². The number of rotatable bonds is 84. The van der Waals surface area contributed by atoms with Crippen LogP contribution in [0.5, 0.6) is 0 Å². The van der Waals surface area contributed by atoms with Crippen molar-refractivity contribution in [3.05, 3.63) is 0 Å². The molecular weight excluding hydrogens is 1120 g/mol. The summed E-state index contributed by atoms with van der Waals surface area (Å²) < 4.78 is 10.8. The molecule has 0 fully saturated rings. The Balaban J connectivity index is 3.31. The smallest absolute Gasteiger partial charge is 0.306 e. The lowest BCUT2D eigenvalue weighted by Crippen LogP contribution is -2.28. The van der Waals surface area contributed by atoms with Crippen molar-refractivity contribution in [1.82, 2.24) is 0 Å². The monoisotopic (exact) mass is 1300 g/mol. The zero-order chi connectivity index (χ0) is 66.1. The Morgan fingerprint density at radius 1 is 0.207 bits per heavy atom. The van der Waals surface area contributed by atoms with Gasteiger partial charge in [0.25, 0.3) is 0 Å². The van der Waals surface area contributed by atoms with Crippen molar-refractivity contribution in [1.29, 1.82) is 0 Å². The van der Waals surface area contributed by atoms with E-state index in [1.54, 1.807) is 0 Å². The number of aliphatic hydroxyl groups excluding tert-OH is 1. The van der Waals surface area contributed by atoms with Gasteiger partial charge < -0.3 is 14.6 Å². The van der Waals surface area contributed by atoms with Crippen molar-refractivity contribution in [3.63, 3.8) is 0 Å². The molecule has 0 rings (SSSR count). The third-order valence-corrected chi connectivity index (χ3v) is 20.9. The van der Waals surface area contributed by atoms with E-state index in [1.165, 1.54) is 469 Å². The number of unbranched alkanes of at least 4 members (excludes halogenated alkanes) is 76. The van der Waals surface area contributed by atoms with Crippen LogP contribution in [0.15, 0.2) is 0 Å². The molecule has 0 heterocycles. The summed E-state index contributed by atoms with van der Waals surface area (Å²) in [5.41, 5.74) is 0. The molecule has 0 aliphatic carbocycles. The number of carbonyl (C=O) groups excluding carboxylic acids is 2. The van der Waals surface area contributed by atoms with E-state index >= 15 is 0 Å². The van der Waals surface area contributed by atoms with Crippen LogP contribution in [0.2, 0.25) is 0 Å². The van der Waals surface area contributed by atoms with Crippen LogP contribution in [-0.2, 0) is 19.1 Å². The van der Waals surface area contributed by atoms with Crippen molar-refractivity contribution >= 4 is 11.9 Å². The fraction of sp³-hybridized carbons (Fsp3) is 0.977. The molecule has 0 amide bonds. The van der Waals surface area contributed by atoms with Crippen molar-refractivity contribution in [2.45, 2.75) is 534 Å². The van der Waals surface area contributed by atoms with E-state index in [0.717, 1.165) is 32.1 Å². The first-order chi connectivity index (χ1) is 45.6. The van der Waals surface area contributed by atoms with Gasteiger partial charge in [0, 0.05) is 12.8 Å². The fourth-order valence-corrected chi connectivity index (χ4v) is 14.4. The van der Waals surface area contributed by atoms with E-state index in [2.05, 4.69) is 13.8 Å². The van der Waals surface area contributed by atoms with Crippen molar-refractivity contribution in [3.8, 4) is 0 Å². The minimum absolute atomic E-state index is 0.0550. The Morgan fingerprint density at radius 2 is 0.337 bits per heavy atom. The lowest BCUT2D eigenvalue weighted by atomic mass is 10.0. The molecule has 0 aromatic heterocycles. The van der Waals surface area contributed by atoms with Gasteiger partial charge in [-0.2, -0.15) is 0 Å². The highest BCUT2D eigenvalue weighted by Crippen LogP contribution is 2.22. The molecule has 5 nitrogen and oxygen atoms in total. The molecule has 1 unspecified atom stereocenters. The average Bonchev–Trinajstić information content (AvgIpc) is 3.75. The highest BCUT2D eigenvalue weighted by atomic mass is 16.6. The van der Waals surface area contributed by atoms with Crippen molar-refractivity contribution in [2.24, 2.45) is 0 Å². The molecule has 1 atom stereocenters. The first-order valence-electron chi connectivity index (χ1n) is 43.6. The molecule has 0 aromatic carbocycles. The molecule has 550 valence electrons. The van der Waals surface area contributed by atoms with Gasteiger partial charge in [-0.15, -0.1) is 0 Å². The van der Waals surface area contributed by atoms with Gasteiger partial charge in [0.15, 0.2) is 6.10 Å². The zero-order valence-electron chi connectivity index (χ0n) is 63.6. The minimum Gasteiger partial charge on any atom is -0.462 e. The Kier molecular flexibility index (Phi) is 83.1. The lowest BCUT2D eigenvalue weighted by molar-refractivity contribution is -0.161. The van der Waals surface area contributed by atoms with Gasteiger partial charge in [0.1, 0.15) is 6.61 Å². The quantitative estimate of drug-likeness (QED) is 0.0485. The Bertz CT molecular complexity index is 1330. The third-order valence-electron chi connectivity index (χ3n) is 20.9. The average molecular weight is 1300 g/mol. The molecule has 5 heteroatoms. The van der Waals surface area contributed by atoms with Gasteiger partial charge >= 0.3 is 11.9 Å². The Morgan fingerprint density at radius 3 is 0.478 bits per heavy atom. The summed E-state index contributed by atoms with van der Waals surface area (Å²) >= 11 is 0. The highest BCUT2D eigenvalue weighted by molar-refractivity contribution is 5.70. The van der Waals surface area contributed by atoms with Crippen LogP contribution in [-0.4, -0.2) is 36.4 Å². The number of hydrogen-bond donors (Lipinski definition) is 1. The van der Waals surface area contributed by atoms with E-state index in [0.29, 0.717) is 12.8 Å². The second-order valence-electron chi connectivity index (χ2n) is 30.3. The lowest BCUT2D eigenvalue weighted by Gasteiger charge is -2.15. The largest absolute Gasteiger partial charge is 0.462 e. The van der Waals surface area contributed by atoms with E-state index in [4.69, 9.17) is 9.47 Å². The minimum atomic E-state index is -0.767. The van der Waals surface area contributed by atoms with Crippen molar-refractivity contribution in [2.75, 3.05) is 13.2 Å². The summed E-state index contributed by atoms with van der Waals surface area (Å²) in [6.07, 6.45) is 110. The van der Waals surface area contributed by atoms with E-state index in [1.807, 2.05) is 0 Å². The van der Waals surface area contributed by atoms with E-state index in [9.17, 15) is 14.7 Å². The Hall–Kier alpha value is -1.10. The second-order valence-corrected chi connectivity index (χ2v) is 30.3. The maximum Gasteiger partial charge on any atom is 0.306 e. The number of hydrogen-bond acceptors (Lipinski definition) is 5.